The maximum absolute atomic E-state index is 12.1. The number of nitrogen functional groups attached to an aromatic ring is 1. The van der Waals surface area contributed by atoms with Crippen LogP contribution in [0.5, 0.6) is 0 Å². The molecule has 1 heterocycles. The molecule has 0 unspecified atom stereocenters. The zero-order valence-corrected chi connectivity index (χ0v) is 12.7. The average molecular weight is 356 g/mol. The monoisotopic (exact) mass is 354 g/mol. The molecule has 0 aliphatic carbocycles. The molecule has 5 nitrogen and oxygen atoms in total. The standard InChI is InChI=1S/C13H12BrClN4O/c14-9-4-2-1-3-8(9)7-17-13(20)12-10(15)5-6-11(18-12)19-16/h1-6H,7,16H2,(H,17,20)(H,18,19). The number of halogens is 2. The molecule has 0 saturated carbocycles. The van der Waals surface area contributed by atoms with Crippen LogP contribution < -0.4 is 16.6 Å². The fourth-order valence-corrected chi connectivity index (χ4v) is 2.20. The van der Waals surface area contributed by atoms with Crippen LogP contribution >= 0.6 is 27.5 Å². The van der Waals surface area contributed by atoms with Gasteiger partial charge in [0.1, 0.15) is 11.5 Å². The highest BCUT2D eigenvalue weighted by atomic mass is 79.9. The summed E-state index contributed by atoms with van der Waals surface area (Å²) in [6, 6.07) is 10.8. The Morgan fingerprint density at radius 2 is 2.05 bits per heavy atom. The summed E-state index contributed by atoms with van der Waals surface area (Å²) < 4.78 is 0.928. The third-order valence-corrected chi connectivity index (χ3v) is 3.68. The average Bonchev–Trinajstić information content (AvgIpc) is 2.46. The molecule has 0 atom stereocenters. The SMILES string of the molecule is NNc1ccc(Cl)c(C(=O)NCc2ccccc2Br)n1. The lowest BCUT2D eigenvalue weighted by atomic mass is 10.2. The van der Waals surface area contributed by atoms with E-state index in [2.05, 4.69) is 31.7 Å². The molecule has 2 rings (SSSR count). The van der Waals surface area contributed by atoms with Crippen molar-refractivity contribution in [3.05, 3.63) is 57.2 Å². The predicted molar refractivity (Wildman–Crippen MR) is 82.4 cm³/mol. The molecule has 20 heavy (non-hydrogen) atoms. The Balaban J connectivity index is 2.11. The van der Waals surface area contributed by atoms with Crippen LogP contribution in [-0.2, 0) is 6.54 Å². The van der Waals surface area contributed by atoms with Gasteiger partial charge in [0.25, 0.3) is 5.91 Å². The molecular formula is C13H12BrClN4O. The largest absolute Gasteiger partial charge is 0.347 e. The van der Waals surface area contributed by atoms with Crippen molar-refractivity contribution >= 4 is 39.3 Å². The number of carbonyl (C=O) groups is 1. The number of anilines is 1. The van der Waals surface area contributed by atoms with Gasteiger partial charge in [-0.15, -0.1) is 0 Å². The van der Waals surface area contributed by atoms with Crippen molar-refractivity contribution in [1.29, 1.82) is 0 Å². The van der Waals surface area contributed by atoms with Crippen LogP contribution in [0.25, 0.3) is 0 Å². The maximum atomic E-state index is 12.1. The van der Waals surface area contributed by atoms with Crippen LogP contribution in [0, 0.1) is 0 Å². The fraction of sp³-hybridized carbons (Fsp3) is 0.0769. The van der Waals surface area contributed by atoms with Gasteiger partial charge in [-0.3, -0.25) is 4.79 Å². The molecule has 0 bridgehead atoms. The molecule has 2 aromatic rings. The van der Waals surface area contributed by atoms with Crippen molar-refractivity contribution < 1.29 is 4.79 Å². The summed E-state index contributed by atoms with van der Waals surface area (Å²) in [7, 11) is 0. The van der Waals surface area contributed by atoms with Crippen LogP contribution in [0.3, 0.4) is 0 Å². The molecule has 0 aliphatic heterocycles. The number of nitrogens with zero attached hydrogens (tertiary/aromatic N) is 1. The first-order valence-electron chi connectivity index (χ1n) is 5.76. The van der Waals surface area contributed by atoms with Crippen LogP contribution in [0.1, 0.15) is 16.1 Å². The molecule has 1 amide bonds. The van der Waals surface area contributed by atoms with Crippen LogP contribution in [0.15, 0.2) is 40.9 Å². The van der Waals surface area contributed by atoms with Gasteiger partial charge in [0.2, 0.25) is 0 Å². The molecule has 0 aliphatic rings. The second-order valence-electron chi connectivity index (χ2n) is 3.95. The van der Waals surface area contributed by atoms with E-state index in [9.17, 15) is 4.79 Å². The lowest BCUT2D eigenvalue weighted by Crippen LogP contribution is -2.25. The van der Waals surface area contributed by atoms with Gasteiger partial charge in [0.05, 0.1) is 5.02 Å². The molecule has 104 valence electrons. The minimum absolute atomic E-state index is 0.133. The van der Waals surface area contributed by atoms with E-state index in [-0.39, 0.29) is 16.6 Å². The normalized spacial score (nSPS) is 10.2. The Kier molecular flexibility index (Phi) is 4.94. The summed E-state index contributed by atoms with van der Waals surface area (Å²) in [6.45, 7) is 0.374. The fourth-order valence-electron chi connectivity index (χ4n) is 1.58. The summed E-state index contributed by atoms with van der Waals surface area (Å²) in [5, 5.41) is 3.04. The third-order valence-electron chi connectivity index (χ3n) is 2.61. The van der Waals surface area contributed by atoms with Crippen molar-refractivity contribution in [3.63, 3.8) is 0 Å². The van der Waals surface area contributed by atoms with E-state index in [1.807, 2.05) is 24.3 Å². The van der Waals surface area contributed by atoms with E-state index in [1.54, 1.807) is 12.1 Å². The number of pyridine rings is 1. The van der Waals surface area contributed by atoms with Crippen molar-refractivity contribution in [2.75, 3.05) is 5.43 Å². The van der Waals surface area contributed by atoms with Gasteiger partial charge in [0.15, 0.2) is 0 Å². The number of rotatable bonds is 4. The topological polar surface area (TPSA) is 80.0 Å². The molecule has 1 aromatic heterocycles. The highest BCUT2D eigenvalue weighted by Crippen LogP contribution is 2.18. The van der Waals surface area contributed by atoms with Gasteiger partial charge in [-0.05, 0) is 23.8 Å². The molecule has 0 saturated heterocycles. The summed E-state index contributed by atoms with van der Waals surface area (Å²) in [5.74, 6) is 5.28. The Labute approximate surface area is 129 Å². The highest BCUT2D eigenvalue weighted by molar-refractivity contribution is 9.10. The third kappa shape index (κ3) is 3.47. The maximum Gasteiger partial charge on any atom is 0.271 e. The molecule has 4 N–H and O–H groups in total. The van der Waals surface area contributed by atoms with Crippen molar-refractivity contribution in [1.82, 2.24) is 10.3 Å². The molecule has 0 fully saturated rings. The lowest BCUT2D eigenvalue weighted by Gasteiger charge is -2.08. The molecule has 1 aromatic carbocycles. The van der Waals surface area contributed by atoms with Gasteiger partial charge < -0.3 is 10.7 Å². The van der Waals surface area contributed by atoms with E-state index < -0.39 is 0 Å². The van der Waals surface area contributed by atoms with Gasteiger partial charge in [-0.25, -0.2) is 10.8 Å². The first-order chi connectivity index (χ1) is 9.61. The number of hydrogen-bond acceptors (Lipinski definition) is 4. The lowest BCUT2D eigenvalue weighted by molar-refractivity contribution is 0.0946. The first kappa shape index (κ1) is 14.8. The number of hydrogen-bond donors (Lipinski definition) is 3. The summed E-state index contributed by atoms with van der Waals surface area (Å²) >= 11 is 9.38. The van der Waals surface area contributed by atoms with Crippen LogP contribution in [0.2, 0.25) is 5.02 Å². The predicted octanol–water partition coefficient (Wildman–Crippen LogP) is 2.71. The molecular weight excluding hydrogens is 344 g/mol. The molecule has 0 spiro atoms. The number of hydrazine groups is 1. The van der Waals surface area contributed by atoms with Crippen LogP contribution in [0.4, 0.5) is 5.82 Å². The van der Waals surface area contributed by atoms with Crippen molar-refractivity contribution in [2.45, 2.75) is 6.54 Å². The number of benzene rings is 1. The number of nitrogens with one attached hydrogen (secondary N) is 2. The Bertz CT molecular complexity index is 636. The van der Waals surface area contributed by atoms with Crippen molar-refractivity contribution in [2.24, 2.45) is 5.84 Å². The Morgan fingerprint density at radius 3 is 2.75 bits per heavy atom. The minimum atomic E-state index is -0.358. The number of nitrogens with two attached hydrogens (primary N) is 1. The highest BCUT2D eigenvalue weighted by Gasteiger charge is 2.13. The zero-order valence-electron chi connectivity index (χ0n) is 10.4. The van der Waals surface area contributed by atoms with Gasteiger partial charge in [-0.2, -0.15) is 0 Å². The van der Waals surface area contributed by atoms with Crippen LogP contribution in [-0.4, -0.2) is 10.9 Å². The second-order valence-corrected chi connectivity index (χ2v) is 5.21. The van der Waals surface area contributed by atoms with E-state index >= 15 is 0 Å². The number of amides is 1. The van der Waals surface area contributed by atoms with E-state index in [1.165, 1.54) is 0 Å². The number of carbonyl (C=O) groups excluding carboxylic acids is 1. The summed E-state index contributed by atoms with van der Waals surface area (Å²) in [6.07, 6.45) is 0. The molecule has 0 radical (unpaired) electrons. The number of aromatic nitrogens is 1. The van der Waals surface area contributed by atoms with E-state index in [0.717, 1.165) is 10.0 Å². The van der Waals surface area contributed by atoms with E-state index in [0.29, 0.717) is 12.4 Å². The van der Waals surface area contributed by atoms with E-state index in [4.69, 9.17) is 17.4 Å². The van der Waals surface area contributed by atoms with Gasteiger partial charge in [-0.1, -0.05) is 45.7 Å². The summed E-state index contributed by atoms with van der Waals surface area (Å²) in [4.78, 5) is 16.1. The van der Waals surface area contributed by atoms with Gasteiger partial charge in [0, 0.05) is 11.0 Å². The first-order valence-corrected chi connectivity index (χ1v) is 6.93. The van der Waals surface area contributed by atoms with Gasteiger partial charge >= 0.3 is 0 Å². The Hall–Kier alpha value is -1.63. The summed E-state index contributed by atoms with van der Waals surface area (Å²) in [5.41, 5.74) is 3.47. The zero-order chi connectivity index (χ0) is 14.5. The Morgan fingerprint density at radius 1 is 1.30 bits per heavy atom. The quantitative estimate of drug-likeness (QED) is 0.582. The molecule has 7 heteroatoms. The second kappa shape index (κ2) is 6.69. The minimum Gasteiger partial charge on any atom is -0.347 e. The van der Waals surface area contributed by atoms with Crippen molar-refractivity contribution in [3.8, 4) is 0 Å². The smallest absolute Gasteiger partial charge is 0.271 e.